The van der Waals surface area contributed by atoms with E-state index in [9.17, 15) is 0 Å². The predicted octanol–water partition coefficient (Wildman–Crippen LogP) is 3.32. The van der Waals surface area contributed by atoms with E-state index in [1.54, 1.807) is 0 Å². The molecule has 0 bridgehead atoms. The lowest BCUT2D eigenvalue weighted by molar-refractivity contribution is 0.778. The molecule has 1 aromatic carbocycles. The average molecular weight is 295 g/mol. The van der Waals surface area contributed by atoms with Gasteiger partial charge in [-0.25, -0.2) is 0 Å². The molecule has 0 radical (unpaired) electrons. The van der Waals surface area contributed by atoms with Crippen LogP contribution in [0.5, 0.6) is 0 Å². The Bertz CT molecular complexity index is 407. The van der Waals surface area contributed by atoms with E-state index in [4.69, 9.17) is 12.2 Å². The van der Waals surface area contributed by atoms with Crippen molar-refractivity contribution in [3.05, 3.63) is 28.2 Å². The first-order chi connectivity index (χ1) is 8.10. The Morgan fingerprint density at radius 1 is 1.53 bits per heavy atom. The number of benzene rings is 1. The van der Waals surface area contributed by atoms with Crippen molar-refractivity contribution in [2.45, 2.75) is 26.3 Å². The van der Waals surface area contributed by atoms with Crippen molar-refractivity contribution >= 4 is 21.6 Å². The number of hydrogen-bond donors (Lipinski definition) is 1. The Morgan fingerprint density at radius 3 is 2.76 bits per heavy atom. The molecule has 0 aliphatic rings. The minimum absolute atomic E-state index is 0.000342. The molecule has 0 aromatic heterocycles. The molecule has 1 unspecified atom stereocenters. The zero-order chi connectivity index (χ0) is 12.8. The topological polar surface area (TPSA) is 29.3 Å². The maximum atomic E-state index is 6.01. The quantitative estimate of drug-likeness (QED) is 0.844. The smallest absolute Gasteiger partial charge is 0.0791 e. The summed E-state index contributed by atoms with van der Waals surface area (Å²) in [6.07, 6.45) is 6.49. The standard InChI is InChI=1S/C14H19BrN2/c1-4-8-17(9-5-2)14-7-6-12(15)10-13(14)11(3)16/h1,6-7,10-11H,5,8-9,16H2,2-3H3. The van der Waals surface area contributed by atoms with Crippen LogP contribution in [-0.4, -0.2) is 13.1 Å². The van der Waals surface area contributed by atoms with Gasteiger partial charge in [-0.2, -0.15) is 0 Å². The Balaban J connectivity index is 3.13. The summed E-state index contributed by atoms with van der Waals surface area (Å²) in [6, 6.07) is 6.18. The second-order valence-corrected chi connectivity index (χ2v) is 5.03. The Morgan fingerprint density at radius 2 is 2.24 bits per heavy atom. The molecule has 0 heterocycles. The molecule has 0 fully saturated rings. The van der Waals surface area contributed by atoms with Crippen molar-refractivity contribution in [1.29, 1.82) is 0 Å². The molecule has 2 nitrogen and oxygen atoms in total. The van der Waals surface area contributed by atoms with Crippen molar-refractivity contribution in [3.63, 3.8) is 0 Å². The second-order valence-electron chi connectivity index (χ2n) is 4.12. The molecule has 1 aromatic rings. The van der Waals surface area contributed by atoms with Crippen LogP contribution in [-0.2, 0) is 0 Å². The fourth-order valence-electron chi connectivity index (χ4n) is 1.84. The van der Waals surface area contributed by atoms with E-state index in [0.29, 0.717) is 6.54 Å². The van der Waals surface area contributed by atoms with Gasteiger partial charge in [0.05, 0.1) is 6.54 Å². The highest BCUT2D eigenvalue weighted by molar-refractivity contribution is 9.10. The fraction of sp³-hybridized carbons (Fsp3) is 0.429. The first-order valence-corrected chi connectivity index (χ1v) is 6.62. The van der Waals surface area contributed by atoms with E-state index in [1.807, 2.05) is 13.0 Å². The second kappa shape index (κ2) is 6.68. The SMILES string of the molecule is C#CCN(CCC)c1ccc(Br)cc1C(C)N. The molecule has 0 aliphatic heterocycles. The molecule has 0 amide bonds. The van der Waals surface area contributed by atoms with Gasteiger partial charge in [0.1, 0.15) is 0 Å². The van der Waals surface area contributed by atoms with E-state index in [0.717, 1.165) is 28.7 Å². The van der Waals surface area contributed by atoms with E-state index in [1.165, 1.54) is 0 Å². The summed E-state index contributed by atoms with van der Waals surface area (Å²) in [6.45, 7) is 5.71. The third-order valence-electron chi connectivity index (χ3n) is 2.60. The van der Waals surface area contributed by atoms with Crippen LogP contribution < -0.4 is 10.6 Å². The zero-order valence-corrected chi connectivity index (χ0v) is 12.0. The lowest BCUT2D eigenvalue weighted by Gasteiger charge is -2.26. The van der Waals surface area contributed by atoms with Gasteiger partial charge >= 0.3 is 0 Å². The van der Waals surface area contributed by atoms with Crippen LogP contribution in [0.4, 0.5) is 5.69 Å². The van der Waals surface area contributed by atoms with Crippen LogP contribution in [0.25, 0.3) is 0 Å². The Labute approximate surface area is 112 Å². The first-order valence-electron chi connectivity index (χ1n) is 5.83. The van der Waals surface area contributed by atoms with Crippen LogP contribution in [0.1, 0.15) is 31.9 Å². The molecule has 0 saturated heterocycles. The lowest BCUT2D eigenvalue weighted by Crippen LogP contribution is -2.26. The number of nitrogens with two attached hydrogens (primary N) is 1. The van der Waals surface area contributed by atoms with Crippen molar-refractivity contribution in [2.75, 3.05) is 18.0 Å². The van der Waals surface area contributed by atoms with Crippen molar-refractivity contribution in [2.24, 2.45) is 5.73 Å². The maximum Gasteiger partial charge on any atom is 0.0791 e. The summed E-state index contributed by atoms with van der Waals surface area (Å²) in [5.74, 6) is 2.71. The largest absolute Gasteiger partial charge is 0.360 e. The van der Waals surface area contributed by atoms with Crippen molar-refractivity contribution in [3.8, 4) is 12.3 Å². The summed E-state index contributed by atoms with van der Waals surface area (Å²) in [7, 11) is 0. The fourth-order valence-corrected chi connectivity index (χ4v) is 2.22. The molecular weight excluding hydrogens is 276 g/mol. The van der Waals surface area contributed by atoms with Crippen LogP contribution in [0.15, 0.2) is 22.7 Å². The van der Waals surface area contributed by atoms with E-state index in [-0.39, 0.29) is 6.04 Å². The first kappa shape index (κ1) is 14.1. The zero-order valence-electron chi connectivity index (χ0n) is 10.4. The van der Waals surface area contributed by atoms with Crippen LogP contribution in [0, 0.1) is 12.3 Å². The molecular formula is C14H19BrN2. The number of anilines is 1. The lowest BCUT2D eigenvalue weighted by atomic mass is 10.1. The van der Waals surface area contributed by atoms with Gasteiger partial charge in [0.2, 0.25) is 0 Å². The normalized spacial score (nSPS) is 11.9. The van der Waals surface area contributed by atoms with E-state index >= 15 is 0 Å². The maximum absolute atomic E-state index is 6.01. The van der Waals surface area contributed by atoms with Gasteiger partial charge in [-0.05, 0) is 37.1 Å². The van der Waals surface area contributed by atoms with Gasteiger partial charge in [-0.3, -0.25) is 0 Å². The number of hydrogen-bond acceptors (Lipinski definition) is 2. The van der Waals surface area contributed by atoms with Crippen LogP contribution in [0.2, 0.25) is 0 Å². The molecule has 0 saturated carbocycles. The molecule has 0 aliphatic carbocycles. The minimum Gasteiger partial charge on any atom is -0.360 e. The molecule has 3 heteroatoms. The third-order valence-corrected chi connectivity index (χ3v) is 3.09. The van der Waals surface area contributed by atoms with Gasteiger partial charge in [0, 0.05) is 22.7 Å². The van der Waals surface area contributed by atoms with E-state index < -0.39 is 0 Å². The van der Waals surface area contributed by atoms with Gasteiger partial charge in [0.25, 0.3) is 0 Å². The summed E-state index contributed by atoms with van der Waals surface area (Å²) in [4.78, 5) is 2.20. The summed E-state index contributed by atoms with van der Waals surface area (Å²) >= 11 is 3.48. The average Bonchev–Trinajstić information content (AvgIpc) is 2.28. The molecule has 2 N–H and O–H groups in total. The van der Waals surface area contributed by atoms with Gasteiger partial charge < -0.3 is 10.6 Å². The predicted molar refractivity (Wildman–Crippen MR) is 78.1 cm³/mol. The number of nitrogens with zero attached hydrogens (tertiary/aromatic N) is 1. The number of terminal acetylenes is 1. The summed E-state index contributed by atoms with van der Waals surface area (Å²) < 4.78 is 1.05. The summed E-state index contributed by atoms with van der Waals surface area (Å²) in [5.41, 5.74) is 8.28. The van der Waals surface area contributed by atoms with Crippen molar-refractivity contribution < 1.29 is 0 Å². The summed E-state index contributed by atoms with van der Waals surface area (Å²) in [5, 5.41) is 0. The third kappa shape index (κ3) is 3.76. The monoisotopic (exact) mass is 294 g/mol. The molecule has 92 valence electrons. The highest BCUT2D eigenvalue weighted by Gasteiger charge is 2.12. The molecule has 17 heavy (non-hydrogen) atoms. The number of rotatable bonds is 5. The molecule has 1 atom stereocenters. The molecule has 0 spiro atoms. The van der Waals surface area contributed by atoms with Gasteiger partial charge in [-0.1, -0.05) is 28.8 Å². The highest BCUT2D eigenvalue weighted by atomic mass is 79.9. The highest BCUT2D eigenvalue weighted by Crippen LogP contribution is 2.28. The Hall–Kier alpha value is -0.980. The van der Waals surface area contributed by atoms with Crippen molar-refractivity contribution in [1.82, 2.24) is 0 Å². The van der Waals surface area contributed by atoms with Gasteiger partial charge in [-0.15, -0.1) is 6.42 Å². The Kier molecular flexibility index (Phi) is 5.54. The van der Waals surface area contributed by atoms with Crippen LogP contribution in [0.3, 0.4) is 0 Å². The molecule has 1 rings (SSSR count). The number of halogens is 1. The van der Waals surface area contributed by atoms with Crippen LogP contribution >= 0.6 is 15.9 Å². The van der Waals surface area contributed by atoms with E-state index in [2.05, 4.69) is 45.8 Å². The minimum atomic E-state index is -0.000342. The van der Waals surface area contributed by atoms with Gasteiger partial charge in [0.15, 0.2) is 0 Å².